The normalized spacial score (nSPS) is 48.9. The topological polar surface area (TPSA) is 180 Å². The molecular formula is C39H74N2O12. The van der Waals surface area contributed by atoms with E-state index in [9.17, 15) is 30.3 Å². The van der Waals surface area contributed by atoms with Crippen molar-refractivity contribution in [3.8, 4) is 0 Å². The Hall–Kier alpha value is -1.01. The minimum atomic E-state index is -1.80. The summed E-state index contributed by atoms with van der Waals surface area (Å²) < 4.78 is 37.8. The van der Waals surface area contributed by atoms with E-state index in [-0.39, 0.29) is 43.7 Å². The molecule has 0 radical (unpaired) electrons. The van der Waals surface area contributed by atoms with E-state index < -0.39 is 96.0 Å². The quantitative estimate of drug-likeness (QED) is 0.228. The van der Waals surface area contributed by atoms with Crippen molar-refractivity contribution in [1.82, 2.24) is 9.80 Å². The highest BCUT2D eigenvalue weighted by Crippen LogP contribution is 2.41. The SMILES string of the molecule is CC[C@H]1OC(=O)[C@H](C)[C@@H](O[C@H]2C[C@@](C)(OC)[C@@H](O)[C@H](C)O2)[C@H](C)[C@@H](O[C@@H]2O[C@H](C)C[C@H](N(C)C)[C@H]2O)[C@@](O)(CC)C[C@@H](C)CN(C)[C@H](C)[C@@H](O)[C@]1(C)O. The Bertz CT molecular complexity index is 1160. The first-order valence-electron chi connectivity index (χ1n) is 19.7. The number of likely N-dealkylation sites (N-methyl/N-ethyl adjacent to an activating group) is 2. The number of aliphatic hydroxyl groups excluding tert-OH is 3. The molecule has 0 spiro atoms. The molecule has 0 bridgehead atoms. The van der Waals surface area contributed by atoms with E-state index in [0.29, 0.717) is 13.0 Å². The highest BCUT2D eigenvalue weighted by atomic mass is 16.7. The minimum Gasteiger partial charge on any atom is -0.459 e. The predicted molar refractivity (Wildman–Crippen MR) is 199 cm³/mol. The first-order valence-corrected chi connectivity index (χ1v) is 19.7. The molecule has 5 N–H and O–H groups in total. The smallest absolute Gasteiger partial charge is 0.311 e. The zero-order chi connectivity index (χ0) is 40.4. The number of esters is 1. The average molecular weight is 763 g/mol. The van der Waals surface area contributed by atoms with E-state index in [0.717, 1.165) is 0 Å². The van der Waals surface area contributed by atoms with Gasteiger partial charge in [0, 0.05) is 38.1 Å². The first-order chi connectivity index (χ1) is 24.5. The second kappa shape index (κ2) is 18.5. The average Bonchev–Trinajstić information content (AvgIpc) is 3.09. The Balaban J connectivity index is 2.21. The van der Waals surface area contributed by atoms with Gasteiger partial charge in [-0.3, -0.25) is 4.79 Å². The number of nitrogens with zero attached hydrogens (tertiary/aromatic N) is 2. The maximum absolute atomic E-state index is 14.3. The lowest BCUT2D eigenvalue weighted by Gasteiger charge is -2.49. The van der Waals surface area contributed by atoms with Gasteiger partial charge in [0.15, 0.2) is 12.6 Å². The molecule has 3 fully saturated rings. The van der Waals surface area contributed by atoms with Crippen LogP contribution in [0.15, 0.2) is 0 Å². The third-order valence-corrected chi connectivity index (χ3v) is 12.7. The number of carbonyl (C=O) groups is 1. The van der Waals surface area contributed by atoms with Crippen molar-refractivity contribution in [2.24, 2.45) is 17.8 Å². The van der Waals surface area contributed by atoms with Crippen LogP contribution in [0.2, 0.25) is 0 Å². The van der Waals surface area contributed by atoms with E-state index >= 15 is 0 Å². The Morgan fingerprint density at radius 2 is 1.57 bits per heavy atom. The summed E-state index contributed by atoms with van der Waals surface area (Å²) in [4.78, 5) is 18.1. The summed E-state index contributed by atoms with van der Waals surface area (Å²) in [6.07, 6.45) is -7.89. The molecule has 18 atom stereocenters. The number of hydrogen-bond donors (Lipinski definition) is 5. The molecule has 14 heteroatoms. The van der Waals surface area contributed by atoms with Gasteiger partial charge >= 0.3 is 5.97 Å². The van der Waals surface area contributed by atoms with Gasteiger partial charge in [0.25, 0.3) is 0 Å². The van der Waals surface area contributed by atoms with Crippen molar-refractivity contribution in [3.05, 3.63) is 0 Å². The number of rotatable bonds is 8. The van der Waals surface area contributed by atoms with Gasteiger partial charge in [-0.25, -0.2) is 0 Å². The van der Waals surface area contributed by atoms with E-state index in [2.05, 4.69) is 0 Å². The molecule has 3 heterocycles. The van der Waals surface area contributed by atoms with Crippen molar-refractivity contribution in [2.45, 2.75) is 192 Å². The van der Waals surface area contributed by atoms with Gasteiger partial charge in [0.2, 0.25) is 0 Å². The molecule has 0 aromatic heterocycles. The fourth-order valence-electron chi connectivity index (χ4n) is 8.88. The summed E-state index contributed by atoms with van der Waals surface area (Å²) in [7, 11) is 7.15. The number of aliphatic hydroxyl groups is 5. The summed E-state index contributed by atoms with van der Waals surface area (Å²) in [5.41, 5.74) is -4.34. The van der Waals surface area contributed by atoms with Crippen LogP contribution in [0.1, 0.15) is 101 Å². The molecular weight excluding hydrogens is 688 g/mol. The standard InChI is InChI=1S/C39H74N2O12/c1-15-28-38(10,46)32(43)25(7)41(13)20-21(3)18-39(47,16-2)34(53-36-30(42)27(40(11)12)17-22(4)49-36)23(5)31(24(6)35(45)51-28)52-29-19-37(9,48-14)33(44)26(8)50-29/h21-34,36,42-44,46-47H,15-20H2,1-14H3/t21-,22-,23+,24-,25-,26+,27+,28-,29+,30-,31+,32-,33+,34-,36+,37-,38-,39-/m1/s1. The van der Waals surface area contributed by atoms with Crippen LogP contribution >= 0.6 is 0 Å². The molecule has 0 aliphatic carbocycles. The van der Waals surface area contributed by atoms with Crippen LogP contribution in [0.25, 0.3) is 0 Å². The summed E-state index contributed by atoms with van der Waals surface area (Å²) >= 11 is 0. The zero-order valence-electron chi connectivity index (χ0n) is 34.9. The van der Waals surface area contributed by atoms with Crippen LogP contribution in [0, 0.1) is 17.8 Å². The van der Waals surface area contributed by atoms with Gasteiger partial charge in [-0.05, 0) is 94.3 Å². The molecule has 14 nitrogen and oxygen atoms in total. The molecule has 0 saturated carbocycles. The number of methoxy groups -OCH3 is 1. The highest BCUT2D eigenvalue weighted by molar-refractivity contribution is 5.73. The number of ether oxygens (including phenoxy) is 6. The minimum absolute atomic E-state index is 0.135. The lowest BCUT2D eigenvalue weighted by Crippen LogP contribution is -2.61. The van der Waals surface area contributed by atoms with Crippen LogP contribution in [0.3, 0.4) is 0 Å². The molecule has 0 unspecified atom stereocenters. The maximum atomic E-state index is 14.3. The van der Waals surface area contributed by atoms with Crippen molar-refractivity contribution in [3.63, 3.8) is 0 Å². The fourth-order valence-corrected chi connectivity index (χ4v) is 8.88. The van der Waals surface area contributed by atoms with Crippen molar-refractivity contribution < 1.29 is 58.7 Å². The van der Waals surface area contributed by atoms with Crippen LogP contribution in [0.5, 0.6) is 0 Å². The maximum Gasteiger partial charge on any atom is 0.311 e. The summed E-state index contributed by atoms with van der Waals surface area (Å²) in [6, 6.07) is -0.808. The molecule has 0 aromatic carbocycles. The lowest BCUT2D eigenvalue weighted by atomic mass is 9.75. The van der Waals surface area contributed by atoms with E-state index in [4.69, 9.17) is 28.4 Å². The summed E-state index contributed by atoms with van der Waals surface area (Å²) in [6.45, 7) is 18.3. The lowest BCUT2D eigenvalue weighted by molar-refractivity contribution is -0.319. The second-order valence-electron chi connectivity index (χ2n) is 17.3. The Morgan fingerprint density at radius 3 is 2.11 bits per heavy atom. The van der Waals surface area contributed by atoms with E-state index in [1.165, 1.54) is 14.0 Å². The highest BCUT2D eigenvalue weighted by Gasteiger charge is 2.53. The van der Waals surface area contributed by atoms with Crippen LogP contribution in [0.4, 0.5) is 0 Å². The Labute approximate surface area is 318 Å². The summed E-state index contributed by atoms with van der Waals surface area (Å²) in [5.74, 6) is -2.57. The molecule has 0 amide bonds. The van der Waals surface area contributed by atoms with Gasteiger partial charge in [0.05, 0.1) is 41.5 Å². The Kier molecular flexibility index (Phi) is 16.2. The van der Waals surface area contributed by atoms with E-state index in [1.807, 2.05) is 65.6 Å². The predicted octanol–water partition coefficient (Wildman–Crippen LogP) is 2.29. The van der Waals surface area contributed by atoms with Crippen molar-refractivity contribution in [2.75, 3.05) is 34.8 Å². The van der Waals surface area contributed by atoms with Gasteiger partial charge < -0.3 is 63.8 Å². The van der Waals surface area contributed by atoms with Gasteiger partial charge in [-0.1, -0.05) is 27.7 Å². The zero-order valence-corrected chi connectivity index (χ0v) is 34.9. The van der Waals surface area contributed by atoms with Crippen LogP contribution in [-0.2, 0) is 33.2 Å². The third-order valence-electron chi connectivity index (χ3n) is 12.7. The van der Waals surface area contributed by atoms with Gasteiger partial charge in [-0.2, -0.15) is 0 Å². The first kappa shape index (κ1) is 46.4. The molecule has 312 valence electrons. The van der Waals surface area contributed by atoms with Crippen LogP contribution in [-0.4, -0.2) is 166 Å². The van der Waals surface area contributed by atoms with Crippen molar-refractivity contribution >= 4 is 5.97 Å². The largest absolute Gasteiger partial charge is 0.459 e. The number of cyclic esters (lactones) is 1. The number of carbonyl (C=O) groups excluding carboxylic acids is 1. The van der Waals surface area contributed by atoms with Crippen molar-refractivity contribution in [1.29, 1.82) is 0 Å². The Morgan fingerprint density at radius 1 is 0.943 bits per heavy atom. The van der Waals surface area contributed by atoms with Gasteiger partial charge in [0.1, 0.15) is 30.0 Å². The number of hydrogen-bond acceptors (Lipinski definition) is 14. The molecule has 3 aliphatic heterocycles. The van der Waals surface area contributed by atoms with E-state index in [1.54, 1.807) is 27.7 Å². The second-order valence-corrected chi connectivity index (χ2v) is 17.3. The molecule has 53 heavy (non-hydrogen) atoms. The molecule has 0 aromatic rings. The van der Waals surface area contributed by atoms with Crippen LogP contribution < -0.4 is 0 Å². The monoisotopic (exact) mass is 763 g/mol. The third kappa shape index (κ3) is 10.3. The molecule has 3 aliphatic rings. The van der Waals surface area contributed by atoms with Gasteiger partial charge in [-0.15, -0.1) is 0 Å². The molecule has 3 rings (SSSR count). The fraction of sp³-hybridized carbons (Fsp3) is 0.974. The molecule has 3 saturated heterocycles. The summed E-state index contributed by atoms with van der Waals surface area (Å²) in [5, 5.41) is 58.6.